The Morgan fingerprint density at radius 1 is 1.14 bits per heavy atom. The first-order valence-electron chi connectivity index (χ1n) is 2.92. The van der Waals surface area contributed by atoms with Gasteiger partial charge in [0.2, 0.25) is 0 Å². The first-order valence-corrected chi connectivity index (χ1v) is 2.92. The second-order valence-corrected chi connectivity index (χ2v) is 2.18. The molecule has 0 radical (unpaired) electrons. The van der Waals surface area contributed by atoms with E-state index in [-0.39, 0.29) is 0 Å². The summed E-state index contributed by atoms with van der Waals surface area (Å²) >= 11 is 0. The molecule has 0 saturated heterocycles. The highest BCUT2D eigenvalue weighted by molar-refractivity contribution is 5.78. The normalized spacial score (nSPS) is 14.0. The number of carbonyl (C=O) groups excluding carboxylic acids is 1. The molecular weight excluding hydrogens is 222 g/mol. The lowest BCUT2D eigenvalue weighted by Crippen LogP contribution is -2.58. The summed E-state index contributed by atoms with van der Waals surface area (Å²) in [7, 11) is 0.307. The molecule has 0 amide bonds. The van der Waals surface area contributed by atoms with E-state index in [4.69, 9.17) is 5.11 Å². The molecule has 0 bridgehead atoms. The van der Waals surface area contributed by atoms with Gasteiger partial charge in [0, 0.05) is 0 Å². The zero-order chi connectivity index (χ0) is 11.8. The minimum atomic E-state index is -6.23. The largest absolute Gasteiger partial charge is 0.464 e. The minimum Gasteiger partial charge on any atom is -0.464 e. The summed E-state index contributed by atoms with van der Waals surface area (Å²) in [5, 5.41) is 7.45. The predicted octanol–water partition coefficient (Wildman–Crippen LogP) is 1.02. The predicted molar refractivity (Wildman–Crippen MR) is 29.1 cm³/mol. The van der Waals surface area contributed by atoms with Crippen LogP contribution in [-0.4, -0.2) is 36.1 Å². The number of alkyl halides is 6. The fourth-order valence-corrected chi connectivity index (χ4v) is 0.445. The third-order valence-corrected chi connectivity index (χ3v) is 1.21. The van der Waals surface area contributed by atoms with E-state index in [2.05, 4.69) is 4.74 Å². The molecule has 1 N–H and O–H groups in total. The molecule has 0 rings (SSSR count). The van der Waals surface area contributed by atoms with Gasteiger partial charge in [-0.05, 0) is 0 Å². The highest BCUT2D eigenvalue weighted by Gasteiger charge is 2.75. The molecule has 9 heteroatoms. The second kappa shape index (κ2) is 3.30. The molecule has 0 atom stereocenters. The van der Waals surface area contributed by atoms with Gasteiger partial charge in [0.05, 0.1) is 7.11 Å². The average molecular weight is 226 g/mol. The maximum absolute atomic E-state index is 12.2. The molecular formula is C5H4F6O3. The Kier molecular flexibility index (Phi) is 3.06. The summed E-state index contributed by atoms with van der Waals surface area (Å²) in [6, 6.07) is 0. The molecule has 0 heterocycles. The molecule has 84 valence electrons. The Morgan fingerprint density at radius 2 is 1.50 bits per heavy atom. The van der Waals surface area contributed by atoms with E-state index >= 15 is 0 Å². The number of halogens is 6. The summed E-state index contributed by atoms with van der Waals surface area (Å²) in [5.74, 6) is -14.9. The van der Waals surface area contributed by atoms with Crippen LogP contribution in [0.2, 0.25) is 0 Å². The van der Waals surface area contributed by atoms with E-state index in [1.165, 1.54) is 0 Å². The van der Waals surface area contributed by atoms with Gasteiger partial charge in [-0.15, -0.1) is 0 Å². The Morgan fingerprint density at radius 3 is 1.71 bits per heavy atom. The van der Waals surface area contributed by atoms with Crippen LogP contribution >= 0.6 is 0 Å². The molecule has 0 aliphatic rings. The molecule has 0 aliphatic heterocycles. The van der Waals surface area contributed by atoms with Gasteiger partial charge < -0.3 is 9.84 Å². The van der Waals surface area contributed by atoms with Crippen molar-refractivity contribution >= 4 is 5.97 Å². The number of ether oxygens (including phenoxy) is 1. The van der Waals surface area contributed by atoms with Crippen LogP contribution in [0.5, 0.6) is 0 Å². The fraction of sp³-hybridized carbons (Fsp3) is 0.800. The number of hydrogen-bond acceptors (Lipinski definition) is 3. The van der Waals surface area contributed by atoms with Gasteiger partial charge in [-0.1, -0.05) is 0 Å². The van der Waals surface area contributed by atoms with E-state index in [1.807, 2.05) is 0 Å². The highest BCUT2D eigenvalue weighted by atomic mass is 19.3. The zero-order valence-electron chi connectivity index (χ0n) is 6.53. The molecule has 0 saturated carbocycles. The van der Waals surface area contributed by atoms with Crippen LogP contribution in [0, 0.1) is 0 Å². The molecule has 14 heavy (non-hydrogen) atoms. The van der Waals surface area contributed by atoms with Crippen LogP contribution in [0.4, 0.5) is 26.3 Å². The topological polar surface area (TPSA) is 46.5 Å². The lowest BCUT2D eigenvalue weighted by Gasteiger charge is -2.26. The summed E-state index contributed by atoms with van der Waals surface area (Å²) in [5.41, 5.74) is 0. The number of rotatable bonds is 3. The lowest BCUT2D eigenvalue weighted by molar-refractivity contribution is -0.377. The van der Waals surface area contributed by atoms with Gasteiger partial charge in [-0.25, -0.2) is 4.79 Å². The Hall–Kier alpha value is -0.990. The summed E-state index contributed by atoms with van der Waals surface area (Å²) in [4.78, 5) is 10.0. The van der Waals surface area contributed by atoms with Gasteiger partial charge >= 0.3 is 23.9 Å². The van der Waals surface area contributed by atoms with Crippen molar-refractivity contribution in [2.24, 2.45) is 0 Å². The number of methoxy groups -OCH3 is 1. The molecule has 0 unspecified atom stereocenters. The highest BCUT2D eigenvalue weighted by Crippen LogP contribution is 2.44. The van der Waals surface area contributed by atoms with Crippen LogP contribution < -0.4 is 0 Å². The van der Waals surface area contributed by atoms with Crippen LogP contribution in [0.3, 0.4) is 0 Å². The monoisotopic (exact) mass is 226 g/mol. The van der Waals surface area contributed by atoms with E-state index in [1.54, 1.807) is 0 Å². The number of hydrogen-bond donors (Lipinski definition) is 1. The number of aliphatic hydroxyl groups is 1. The van der Waals surface area contributed by atoms with Crippen LogP contribution in [0.25, 0.3) is 0 Å². The first-order chi connectivity index (χ1) is 5.98. The third-order valence-electron chi connectivity index (χ3n) is 1.21. The summed E-state index contributed by atoms with van der Waals surface area (Å²) in [6.45, 7) is 0. The van der Waals surface area contributed by atoms with Crippen molar-refractivity contribution in [2.75, 3.05) is 7.11 Å². The third kappa shape index (κ3) is 1.76. The van der Waals surface area contributed by atoms with Crippen LogP contribution in [0.15, 0.2) is 0 Å². The van der Waals surface area contributed by atoms with Gasteiger partial charge in [-0.3, -0.25) is 0 Å². The van der Waals surface area contributed by atoms with Crippen LogP contribution in [-0.2, 0) is 9.53 Å². The van der Waals surface area contributed by atoms with Crippen molar-refractivity contribution in [3.05, 3.63) is 0 Å². The standard InChI is InChI=1S/C5H4F6O3/c1-14-2(12)3(6,7)4(8,9)5(10,11)13/h13H,1H3. The second-order valence-electron chi connectivity index (χ2n) is 2.18. The number of carbonyl (C=O) groups is 1. The Bertz CT molecular complexity index is 232. The Labute approximate surface area is 73.3 Å². The van der Waals surface area contributed by atoms with Gasteiger partial charge in [0.15, 0.2) is 0 Å². The molecule has 0 aromatic carbocycles. The van der Waals surface area contributed by atoms with Crippen molar-refractivity contribution in [1.29, 1.82) is 0 Å². The van der Waals surface area contributed by atoms with Gasteiger partial charge in [0.25, 0.3) is 0 Å². The van der Waals surface area contributed by atoms with Crippen molar-refractivity contribution < 1.29 is 41.0 Å². The summed E-state index contributed by atoms with van der Waals surface area (Å²) in [6.07, 6.45) is -6.02. The SMILES string of the molecule is COC(=O)C(F)(F)C(F)(F)C(O)(F)F. The number of esters is 1. The van der Waals surface area contributed by atoms with Crippen LogP contribution in [0.1, 0.15) is 0 Å². The minimum absolute atomic E-state index is 0.307. The smallest absolute Gasteiger partial charge is 0.424 e. The maximum Gasteiger partial charge on any atom is 0.424 e. The van der Waals surface area contributed by atoms with Crippen molar-refractivity contribution in [2.45, 2.75) is 18.0 Å². The van der Waals surface area contributed by atoms with Crippen molar-refractivity contribution in [3.63, 3.8) is 0 Å². The molecule has 3 nitrogen and oxygen atoms in total. The molecule has 0 aromatic heterocycles. The molecule has 0 aromatic rings. The fourth-order valence-electron chi connectivity index (χ4n) is 0.445. The molecule has 0 fully saturated rings. The van der Waals surface area contributed by atoms with Gasteiger partial charge in [-0.2, -0.15) is 26.3 Å². The van der Waals surface area contributed by atoms with E-state index in [0.29, 0.717) is 7.11 Å². The lowest BCUT2D eigenvalue weighted by atomic mass is 10.1. The van der Waals surface area contributed by atoms with E-state index in [9.17, 15) is 31.1 Å². The quantitative estimate of drug-likeness (QED) is 0.577. The summed E-state index contributed by atoms with van der Waals surface area (Å²) < 4.78 is 75.0. The average Bonchev–Trinajstić information content (AvgIpc) is 2.00. The first kappa shape index (κ1) is 13.0. The van der Waals surface area contributed by atoms with Crippen molar-refractivity contribution in [3.8, 4) is 0 Å². The zero-order valence-corrected chi connectivity index (χ0v) is 6.53. The maximum atomic E-state index is 12.2. The van der Waals surface area contributed by atoms with Crippen molar-refractivity contribution in [1.82, 2.24) is 0 Å². The molecule has 0 spiro atoms. The van der Waals surface area contributed by atoms with Gasteiger partial charge in [0.1, 0.15) is 0 Å². The molecule has 0 aliphatic carbocycles. The van der Waals surface area contributed by atoms with E-state index < -0.39 is 23.9 Å². The van der Waals surface area contributed by atoms with E-state index in [0.717, 1.165) is 0 Å². The Balaban J connectivity index is 5.18.